The summed E-state index contributed by atoms with van der Waals surface area (Å²) in [4.78, 5) is 0. The number of halogens is 2. The lowest BCUT2D eigenvalue weighted by Gasteiger charge is -2.12. The topological polar surface area (TPSA) is 36.9 Å². The van der Waals surface area contributed by atoms with Gasteiger partial charge in [-0.1, -0.05) is 23.2 Å². The second-order valence-electron chi connectivity index (χ2n) is 4.46. The molecule has 4 nitrogen and oxygen atoms in total. The number of ether oxygens (including phenoxy) is 2. The van der Waals surface area contributed by atoms with Crippen LogP contribution in [-0.4, -0.2) is 20.9 Å². The van der Waals surface area contributed by atoms with Crippen LogP contribution in [0.3, 0.4) is 0 Å². The molecule has 0 amide bonds. The Morgan fingerprint density at radius 3 is 1.61 bits per heavy atom. The zero-order valence-corrected chi connectivity index (χ0v) is 14.5. The van der Waals surface area contributed by atoms with Crippen LogP contribution in [0, 0.1) is 0 Å². The van der Waals surface area contributed by atoms with Crippen molar-refractivity contribution in [2.75, 3.05) is 13.2 Å². The molecule has 0 aromatic heterocycles. The molecule has 7 heteroatoms. The van der Waals surface area contributed by atoms with Crippen LogP contribution < -0.4 is 18.8 Å². The maximum absolute atomic E-state index is 6.09. The summed E-state index contributed by atoms with van der Waals surface area (Å²) < 4.78 is 21.9. The molecule has 2 aromatic rings. The summed E-state index contributed by atoms with van der Waals surface area (Å²) in [6, 6.07) is 10.4. The fraction of sp³-hybridized carbons (Fsp3) is 0.250. The van der Waals surface area contributed by atoms with E-state index in [4.69, 9.17) is 42.0 Å². The molecule has 0 saturated heterocycles. The minimum Gasteiger partial charge on any atom is -0.527 e. The van der Waals surface area contributed by atoms with E-state index < -0.39 is 0 Å². The van der Waals surface area contributed by atoms with Crippen molar-refractivity contribution < 1.29 is 18.8 Å². The average molecular weight is 355 g/mol. The summed E-state index contributed by atoms with van der Waals surface area (Å²) in [7, 11) is -0.0371. The Hall–Kier alpha value is -1.72. The van der Waals surface area contributed by atoms with Crippen molar-refractivity contribution in [3.05, 3.63) is 46.4 Å². The highest BCUT2D eigenvalue weighted by molar-refractivity contribution is 6.34. The standard InChI is InChI=1S/C16H17BCl2O4/c1-3-20-11-5-7-13(18)15(9-11)22-17-23-16-10-12(21-4-2)6-8-14(16)19/h5-10,17H,3-4H2,1-2H3. The van der Waals surface area contributed by atoms with Crippen molar-refractivity contribution in [2.45, 2.75) is 13.8 Å². The maximum atomic E-state index is 6.09. The Morgan fingerprint density at radius 1 is 0.783 bits per heavy atom. The molecule has 23 heavy (non-hydrogen) atoms. The highest BCUT2D eigenvalue weighted by atomic mass is 35.5. The molecule has 0 unspecified atom stereocenters. The summed E-state index contributed by atoms with van der Waals surface area (Å²) in [5.41, 5.74) is 0. The summed E-state index contributed by atoms with van der Waals surface area (Å²) in [5.74, 6) is 2.33. The fourth-order valence-electron chi connectivity index (χ4n) is 1.86. The Kier molecular flexibility index (Phi) is 6.75. The first-order chi connectivity index (χ1) is 11.1. The number of hydrogen-bond acceptors (Lipinski definition) is 4. The predicted molar refractivity (Wildman–Crippen MR) is 93.6 cm³/mol. The Morgan fingerprint density at radius 2 is 1.22 bits per heavy atom. The molecule has 0 heterocycles. The van der Waals surface area contributed by atoms with Crippen molar-refractivity contribution in [1.29, 1.82) is 0 Å². The number of benzene rings is 2. The molecular formula is C16H17BCl2O4. The molecule has 122 valence electrons. The van der Waals surface area contributed by atoms with E-state index in [9.17, 15) is 0 Å². The third-order valence-electron chi connectivity index (χ3n) is 2.86. The van der Waals surface area contributed by atoms with E-state index in [0.717, 1.165) is 0 Å². The van der Waals surface area contributed by atoms with E-state index >= 15 is 0 Å². The second-order valence-corrected chi connectivity index (χ2v) is 5.27. The van der Waals surface area contributed by atoms with Crippen molar-refractivity contribution >= 4 is 30.9 Å². The SMILES string of the molecule is CCOc1ccc(Cl)c(OBOc2cc(OCC)ccc2Cl)c1. The van der Waals surface area contributed by atoms with Crippen LogP contribution in [0.4, 0.5) is 0 Å². The lowest BCUT2D eigenvalue weighted by atomic mass is 10.2. The lowest BCUT2D eigenvalue weighted by Crippen LogP contribution is -2.11. The average Bonchev–Trinajstić information content (AvgIpc) is 2.54. The van der Waals surface area contributed by atoms with E-state index in [1.54, 1.807) is 36.4 Å². The van der Waals surface area contributed by atoms with Crippen LogP contribution in [0.15, 0.2) is 36.4 Å². The molecule has 0 spiro atoms. The Balaban J connectivity index is 1.99. The van der Waals surface area contributed by atoms with Gasteiger partial charge in [0.15, 0.2) is 0 Å². The van der Waals surface area contributed by atoms with Gasteiger partial charge >= 0.3 is 7.69 Å². The molecule has 0 atom stereocenters. The summed E-state index contributed by atoms with van der Waals surface area (Å²) in [5, 5.41) is 0.956. The molecule has 0 fully saturated rings. The van der Waals surface area contributed by atoms with Crippen LogP contribution in [-0.2, 0) is 0 Å². The van der Waals surface area contributed by atoms with Crippen LogP contribution >= 0.6 is 23.2 Å². The molecule has 0 radical (unpaired) electrons. The minimum atomic E-state index is -0.0371. The number of rotatable bonds is 8. The van der Waals surface area contributed by atoms with Crippen molar-refractivity contribution in [3.8, 4) is 23.0 Å². The second kappa shape index (κ2) is 8.80. The van der Waals surface area contributed by atoms with Crippen LogP contribution in [0.2, 0.25) is 10.0 Å². The highest BCUT2D eigenvalue weighted by Gasteiger charge is 2.09. The molecule has 0 saturated carbocycles. The van der Waals surface area contributed by atoms with Crippen molar-refractivity contribution in [2.24, 2.45) is 0 Å². The largest absolute Gasteiger partial charge is 0.576 e. The van der Waals surface area contributed by atoms with E-state index in [2.05, 4.69) is 0 Å². The fourth-order valence-corrected chi connectivity index (χ4v) is 2.20. The molecule has 0 aliphatic rings. The van der Waals surface area contributed by atoms with Crippen molar-refractivity contribution in [1.82, 2.24) is 0 Å². The highest BCUT2D eigenvalue weighted by Crippen LogP contribution is 2.31. The predicted octanol–water partition coefficient (Wildman–Crippen LogP) is 4.52. The van der Waals surface area contributed by atoms with Crippen LogP contribution in [0.5, 0.6) is 23.0 Å². The van der Waals surface area contributed by atoms with Gasteiger partial charge in [0.05, 0.1) is 23.3 Å². The van der Waals surface area contributed by atoms with E-state index in [-0.39, 0.29) is 7.69 Å². The van der Waals surface area contributed by atoms with Gasteiger partial charge in [-0.15, -0.1) is 0 Å². The van der Waals surface area contributed by atoms with E-state index in [1.807, 2.05) is 13.8 Å². The molecule has 0 bridgehead atoms. The van der Waals surface area contributed by atoms with Gasteiger partial charge in [0, 0.05) is 12.1 Å². The van der Waals surface area contributed by atoms with Gasteiger partial charge in [-0.25, -0.2) is 0 Å². The van der Waals surface area contributed by atoms with Gasteiger partial charge in [-0.05, 0) is 38.1 Å². The first-order valence-corrected chi connectivity index (χ1v) is 8.00. The Labute approximate surface area is 146 Å². The molecule has 2 aromatic carbocycles. The third kappa shape index (κ3) is 5.15. The molecule has 0 N–H and O–H groups in total. The summed E-state index contributed by atoms with van der Waals surface area (Å²) in [6.45, 7) is 4.95. The van der Waals surface area contributed by atoms with Gasteiger partial charge < -0.3 is 18.8 Å². The molecular weight excluding hydrogens is 338 g/mol. The quantitative estimate of drug-likeness (QED) is 0.653. The molecule has 0 aliphatic heterocycles. The van der Waals surface area contributed by atoms with Gasteiger partial charge in [0.1, 0.15) is 23.0 Å². The third-order valence-corrected chi connectivity index (χ3v) is 3.48. The van der Waals surface area contributed by atoms with Gasteiger partial charge in [0.2, 0.25) is 0 Å². The molecule has 2 rings (SSSR count). The summed E-state index contributed by atoms with van der Waals surface area (Å²) >= 11 is 12.2. The normalized spacial score (nSPS) is 10.1. The number of hydrogen-bond donors (Lipinski definition) is 0. The van der Waals surface area contributed by atoms with Crippen LogP contribution in [0.25, 0.3) is 0 Å². The minimum absolute atomic E-state index is 0.0371. The van der Waals surface area contributed by atoms with Crippen molar-refractivity contribution in [3.63, 3.8) is 0 Å². The van der Waals surface area contributed by atoms with E-state index in [0.29, 0.717) is 46.3 Å². The monoisotopic (exact) mass is 354 g/mol. The molecule has 0 aliphatic carbocycles. The zero-order chi connectivity index (χ0) is 16.7. The smallest absolute Gasteiger partial charge is 0.527 e. The Bertz CT molecular complexity index is 596. The van der Waals surface area contributed by atoms with Gasteiger partial charge in [0.25, 0.3) is 0 Å². The summed E-state index contributed by atoms with van der Waals surface area (Å²) in [6.07, 6.45) is 0. The zero-order valence-electron chi connectivity index (χ0n) is 13.0. The lowest BCUT2D eigenvalue weighted by molar-refractivity contribution is 0.338. The maximum Gasteiger partial charge on any atom is 0.576 e. The van der Waals surface area contributed by atoms with Gasteiger partial charge in [-0.3, -0.25) is 0 Å². The van der Waals surface area contributed by atoms with E-state index in [1.165, 1.54) is 0 Å². The van der Waals surface area contributed by atoms with Crippen LogP contribution in [0.1, 0.15) is 13.8 Å². The van der Waals surface area contributed by atoms with Gasteiger partial charge in [-0.2, -0.15) is 0 Å². The first kappa shape index (κ1) is 17.6. The first-order valence-electron chi connectivity index (χ1n) is 7.24.